The number of nitrogens with one attached hydrogen (secondary N) is 1. The number of carbonyl (C=O) groups is 2. The summed E-state index contributed by atoms with van der Waals surface area (Å²) < 4.78 is 43.7. The van der Waals surface area contributed by atoms with E-state index in [0.29, 0.717) is 29.8 Å². The van der Waals surface area contributed by atoms with E-state index < -0.39 is 23.9 Å². The lowest BCUT2D eigenvalue weighted by atomic mass is 9.99. The third-order valence-corrected chi connectivity index (χ3v) is 6.18. The number of carbonyl (C=O) groups excluding carboxylic acids is 2. The Hall–Kier alpha value is -2.91. The van der Waals surface area contributed by atoms with E-state index in [9.17, 15) is 27.9 Å². The van der Waals surface area contributed by atoms with Crippen molar-refractivity contribution < 1.29 is 32.6 Å². The molecule has 2 atom stereocenters. The van der Waals surface area contributed by atoms with Gasteiger partial charge in [-0.05, 0) is 74.3 Å². The second kappa shape index (κ2) is 13.4. The van der Waals surface area contributed by atoms with Crippen molar-refractivity contribution in [1.29, 1.82) is 0 Å². The molecule has 1 saturated heterocycles. The van der Waals surface area contributed by atoms with Crippen molar-refractivity contribution in [1.82, 2.24) is 10.2 Å². The number of benzene rings is 2. The van der Waals surface area contributed by atoms with Gasteiger partial charge in [-0.2, -0.15) is 13.2 Å². The highest BCUT2D eigenvalue weighted by Crippen LogP contribution is 2.30. The van der Waals surface area contributed by atoms with E-state index >= 15 is 0 Å². The van der Waals surface area contributed by atoms with E-state index in [1.54, 1.807) is 31.4 Å². The smallest absolute Gasteiger partial charge is 0.416 e. The molecule has 1 aliphatic rings. The van der Waals surface area contributed by atoms with Gasteiger partial charge in [-0.1, -0.05) is 19.6 Å². The van der Waals surface area contributed by atoms with E-state index in [2.05, 4.69) is 10.2 Å². The number of ketones is 1. The highest BCUT2D eigenvalue weighted by molar-refractivity contribution is 5.96. The van der Waals surface area contributed by atoms with E-state index in [-0.39, 0.29) is 32.0 Å². The van der Waals surface area contributed by atoms with Crippen LogP contribution in [-0.2, 0) is 11.0 Å². The number of ether oxygens (including phenoxy) is 1. The molecule has 36 heavy (non-hydrogen) atoms. The molecular formula is C27H35F3N2O4. The molecule has 0 saturated carbocycles. The van der Waals surface area contributed by atoms with E-state index in [1.807, 2.05) is 0 Å². The van der Waals surface area contributed by atoms with E-state index in [0.717, 1.165) is 38.1 Å². The summed E-state index contributed by atoms with van der Waals surface area (Å²) in [6.45, 7) is 2.06. The van der Waals surface area contributed by atoms with Crippen molar-refractivity contribution in [3.8, 4) is 5.75 Å². The molecule has 9 heteroatoms. The van der Waals surface area contributed by atoms with Crippen LogP contribution in [0.15, 0.2) is 48.5 Å². The maximum Gasteiger partial charge on any atom is 0.416 e. The lowest BCUT2D eigenvalue weighted by molar-refractivity contribution is -0.137. The van der Waals surface area contributed by atoms with Crippen molar-refractivity contribution in [2.45, 2.75) is 57.9 Å². The van der Waals surface area contributed by atoms with Gasteiger partial charge in [0, 0.05) is 24.9 Å². The number of methoxy groups -OCH3 is 1. The Bertz CT molecular complexity index is 972. The number of amides is 1. The van der Waals surface area contributed by atoms with Gasteiger partial charge in [0.1, 0.15) is 11.9 Å². The number of aliphatic hydroxyl groups is 1. The molecule has 1 aliphatic heterocycles. The van der Waals surface area contributed by atoms with Gasteiger partial charge in [0.05, 0.1) is 18.7 Å². The molecule has 3 rings (SSSR count). The largest absolute Gasteiger partial charge is 0.497 e. The normalized spacial score (nSPS) is 15.6. The molecule has 1 fully saturated rings. The van der Waals surface area contributed by atoms with Crippen molar-refractivity contribution >= 4 is 11.7 Å². The van der Waals surface area contributed by atoms with Crippen LogP contribution in [0.1, 0.15) is 67.1 Å². The van der Waals surface area contributed by atoms with Crippen LogP contribution >= 0.6 is 0 Å². The van der Waals surface area contributed by atoms with Crippen LogP contribution in [0.4, 0.5) is 13.2 Å². The van der Waals surface area contributed by atoms with Crippen molar-refractivity contribution in [2.24, 2.45) is 0 Å². The Balaban J connectivity index is 0.00000456. The first kappa shape index (κ1) is 29.3. The quantitative estimate of drug-likeness (QED) is 0.417. The lowest BCUT2D eigenvalue weighted by Crippen LogP contribution is -2.46. The molecule has 0 aliphatic carbocycles. The second-order valence-electron chi connectivity index (χ2n) is 8.75. The molecule has 0 spiro atoms. The van der Waals surface area contributed by atoms with E-state index in [1.165, 1.54) is 12.1 Å². The Morgan fingerprint density at radius 1 is 1.03 bits per heavy atom. The number of likely N-dealkylation sites (tertiary alicyclic amines) is 1. The highest BCUT2D eigenvalue weighted by atomic mass is 19.4. The van der Waals surface area contributed by atoms with Gasteiger partial charge in [-0.15, -0.1) is 0 Å². The number of rotatable bonds is 11. The summed E-state index contributed by atoms with van der Waals surface area (Å²) in [4.78, 5) is 27.1. The topological polar surface area (TPSA) is 78.9 Å². The van der Waals surface area contributed by atoms with Crippen LogP contribution in [0, 0.1) is 0 Å². The SMILES string of the molecule is C.COc1ccc(C(=O)CCCC(=O)N[C@H](CN2CCCC2)[C@H](O)c2ccc(C(F)(F)F)cc2)cc1. The summed E-state index contributed by atoms with van der Waals surface area (Å²) in [5.74, 6) is 0.248. The molecule has 1 heterocycles. The average Bonchev–Trinajstić information content (AvgIpc) is 3.36. The number of alkyl halides is 3. The Labute approximate surface area is 210 Å². The minimum absolute atomic E-state index is 0. The Morgan fingerprint density at radius 2 is 1.64 bits per heavy atom. The predicted molar refractivity (Wildman–Crippen MR) is 132 cm³/mol. The molecule has 0 radical (unpaired) electrons. The van der Waals surface area contributed by atoms with Gasteiger partial charge in [-0.25, -0.2) is 0 Å². The summed E-state index contributed by atoms with van der Waals surface area (Å²) in [5, 5.41) is 13.7. The summed E-state index contributed by atoms with van der Waals surface area (Å²) in [5.41, 5.74) is 0.0446. The zero-order valence-corrected chi connectivity index (χ0v) is 19.7. The molecule has 2 N–H and O–H groups in total. The molecule has 2 aromatic carbocycles. The fourth-order valence-corrected chi connectivity index (χ4v) is 4.18. The third kappa shape index (κ3) is 8.34. The van der Waals surface area contributed by atoms with Gasteiger partial charge in [0.25, 0.3) is 0 Å². The lowest BCUT2D eigenvalue weighted by Gasteiger charge is -2.29. The standard InChI is InChI=1S/C26H31F3N2O4.CH4/c1-35-21-13-9-18(10-14-21)23(32)5-4-6-24(33)30-22(17-31-15-2-3-16-31)25(34)19-7-11-20(12-8-19)26(27,28)29;/h7-14,22,25,34H,2-6,15-17H2,1H3,(H,30,33);1H4/t22-,25-;/m1./s1. The van der Waals surface area contributed by atoms with Gasteiger partial charge < -0.3 is 20.1 Å². The summed E-state index contributed by atoms with van der Waals surface area (Å²) in [7, 11) is 1.54. The first-order valence-electron chi connectivity index (χ1n) is 11.7. The molecular weight excluding hydrogens is 473 g/mol. The van der Waals surface area contributed by atoms with Crippen LogP contribution in [0.5, 0.6) is 5.75 Å². The molecule has 6 nitrogen and oxygen atoms in total. The second-order valence-corrected chi connectivity index (χ2v) is 8.75. The Kier molecular flexibility index (Phi) is 10.9. The van der Waals surface area contributed by atoms with E-state index in [4.69, 9.17) is 4.74 Å². The van der Waals surface area contributed by atoms with Crippen LogP contribution in [0.25, 0.3) is 0 Å². The minimum atomic E-state index is -4.46. The monoisotopic (exact) mass is 508 g/mol. The van der Waals surface area contributed by atoms with Crippen molar-refractivity contribution in [3.63, 3.8) is 0 Å². The average molecular weight is 509 g/mol. The first-order valence-corrected chi connectivity index (χ1v) is 11.7. The van der Waals surface area contributed by atoms with Crippen LogP contribution in [0.3, 0.4) is 0 Å². The molecule has 0 unspecified atom stereocenters. The van der Waals surface area contributed by atoms with Gasteiger partial charge in [-0.3, -0.25) is 9.59 Å². The maximum atomic E-state index is 12.9. The molecule has 198 valence electrons. The number of hydrogen-bond donors (Lipinski definition) is 2. The molecule has 0 aromatic heterocycles. The van der Waals surface area contributed by atoms with Gasteiger partial charge >= 0.3 is 6.18 Å². The summed E-state index contributed by atoms with van der Waals surface area (Å²) in [6, 6.07) is 10.4. The third-order valence-electron chi connectivity index (χ3n) is 6.18. The molecule has 2 aromatic rings. The highest BCUT2D eigenvalue weighted by Gasteiger charge is 2.31. The zero-order valence-electron chi connectivity index (χ0n) is 19.7. The van der Waals surface area contributed by atoms with Crippen molar-refractivity contribution in [2.75, 3.05) is 26.7 Å². The van der Waals surface area contributed by atoms with Crippen LogP contribution in [0.2, 0.25) is 0 Å². The zero-order chi connectivity index (χ0) is 25.4. The first-order chi connectivity index (χ1) is 16.7. The molecule has 1 amide bonds. The predicted octanol–water partition coefficient (Wildman–Crippen LogP) is 5.02. The summed E-state index contributed by atoms with van der Waals surface area (Å²) >= 11 is 0. The minimum Gasteiger partial charge on any atom is -0.497 e. The van der Waals surface area contributed by atoms with Crippen LogP contribution < -0.4 is 10.1 Å². The fraction of sp³-hybridized carbons (Fsp3) is 0.481. The summed E-state index contributed by atoms with van der Waals surface area (Å²) in [6.07, 6.45) is -2.97. The fourth-order valence-electron chi connectivity index (χ4n) is 4.18. The number of nitrogens with zero attached hydrogens (tertiary/aromatic N) is 1. The van der Waals surface area contributed by atoms with Crippen molar-refractivity contribution in [3.05, 3.63) is 65.2 Å². The Morgan fingerprint density at radius 3 is 2.19 bits per heavy atom. The number of halogens is 3. The maximum absolute atomic E-state index is 12.9. The van der Waals surface area contributed by atoms with Gasteiger partial charge in [0.2, 0.25) is 5.91 Å². The van der Waals surface area contributed by atoms with Crippen LogP contribution in [-0.4, -0.2) is 54.5 Å². The number of hydrogen-bond acceptors (Lipinski definition) is 5. The molecule has 0 bridgehead atoms. The number of Topliss-reactive ketones (excluding diaryl/α,β-unsaturated/α-hetero) is 1. The van der Waals surface area contributed by atoms with Gasteiger partial charge in [0.15, 0.2) is 5.78 Å². The number of aliphatic hydroxyl groups excluding tert-OH is 1.